The standard InChI is InChI=1S/C50H38N4/c1-31-21-23-43(53-45-17-9-5-13-37(45)38-14-6-10-18-46(38)53)33(3)49(31)41-29-35(25-27-51-41)36-26-28-52-42(30-36)50-32(2)22-24-44(34(50)4)54-47-19-11-7-15-39(47)40-16-8-12-20-48(40)54/h5-30H,1-4H3. The van der Waals surface area contributed by atoms with Crippen LogP contribution in [-0.2, 0) is 0 Å². The highest BCUT2D eigenvalue weighted by Crippen LogP contribution is 2.40. The van der Waals surface area contributed by atoms with Gasteiger partial charge < -0.3 is 9.13 Å². The predicted octanol–water partition coefficient (Wildman–Crippen LogP) is 12.9. The zero-order chi connectivity index (χ0) is 36.5. The van der Waals surface area contributed by atoms with Crippen molar-refractivity contribution in [3.8, 4) is 45.0 Å². The first-order chi connectivity index (χ1) is 26.5. The summed E-state index contributed by atoms with van der Waals surface area (Å²) in [7, 11) is 0. The third kappa shape index (κ3) is 4.84. The molecule has 0 aliphatic carbocycles. The van der Waals surface area contributed by atoms with Gasteiger partial charge in [-0.3, -0.25) is 9.97 Å². The summed E-state index contributed by atoms with van der Waals surface area (Å²) in [5.41, 5.74) is 18.4. The molecule has 4 heteroatoms. The lowest BCUT2D eigenvalue weighted by molar-refractivity contribution is 1.14. The van der Waals surface area contributed by atoms with Crippen molar-refractivity contribution >= 4 is 43.6 Å². The number of hydrogen-bond donors (Lipinski definition) is 0. The molecule has 0 N–H and O–H groups in total. The second-order valence-electron chi connectivity index (χ2n) is 14.4. The van der Waals surface area contributed by atoms with Crippen LogP contribution in [0.5, 0.6) is 0 Å². The Kier molecular flexibility index (Phi) is 7.34. The Morgan fingerprint density at radius 1 is 0.370 bits per heavy atom. The minimum atomic E-state index is 0.962. The normalized spacial score (nSPS) is 11.7. The highest BCUT2D eigenvalue weighted by atomic mass is 15.0. The van der Waals surface area contributed by atoms with Crippen molar-refractivity contribution in [3.05, 3.63) is 180 Å². The maximum absolute atomic E-state index is 4.97. The van der Waals surface area contributed by atoms with Crippen molar-refractivity contribution in [1.29, 1.82) is 0 Å². The molecule has 10 rings (SSSR count). The van der Waals surface area contributed by atoms with Crippen molar-refractivity contribution in [3.63, 3.8) is 0 Å². The number of hydrogen-bond acceptors (Lipinski definition) is 2. The first-order valence-corrected chi connectivity index (χ1v) is 18.6. The molecule has 0 aliphatic rings. The Balaban J connectivity index is 1.09. The Labute approximate surface area is 314 Å². The van der Waals surface area contributed by atoms with E-state index in [-0.39, 0.29) is 0 Å². The van der Waals surface area contributed by atoms with Gasteiger partial charge in [-0.2, -0.15) is 0 Å². The molecule has 4 aromatic heterocycles. The average molecular weight is 695 g/mol. The predicted molar refractivity (Wildman–Crippen MR) is 226 cm³/mol. The zero-order valence-corrected chi connectivity index (χ0v) is 30.8. The number of benzene rings is 6. The van der Waals surface area contributed by atoms with Crippen molar-refractivity contribution in [2.24, 2.45) is 0 Å². The van der Waals surface area contributed by atoms with E-state index >= 15 is 0 Å². The summed E-state index contributed by atoms with van der Waals surface area (Å²) in [6, 6.07) is 52.4. The molecule has 0 amide bonds. The van der Waals surface area contributed by atoms with Crippen molar-refractivity contribution in [1.82, 2.24) is 19.1 Å². The van der Waals surface area contributed by atoms with E-state index in [0.717, 1.165) is 33.6 Å². The molecule has 0 bridgehead atoms. The van der Waals surface area contributed by atoms with E-state index < -0.39 is 0 Å². The molecule has 54 heavy (non-hydrogen) atoms. The molecule has 0 saturated heterocycles. The molecule has 0 spiro atoms. The first kappa shape index (κ1) is 31.9. The van der Waals surface area contributed by atoms with E-state index in [1.807, 2.05) is 12.4 Å². The lowest BCUT2D eigenvalue weighted by Gasteiger charge is -2.18. The molecule has 0 aliphatic heterocycles. The van der Waals surface area contributed by atoms with Gasteiger partial charge in [0, 0.05) is 56.4 Å². The smallest absolute Gasteiger partial charge is 0.0714 e. The highest BCUT2D eigenvalue weighted by molar-refractivity contribution is 6.10. The second kappa shape index (κ2) is 12.4. The molecule has 0 saturated carbocycles. The molecule has 0 atom stereocenters. The van der Waals surface area contributed by atoms with E-state index in [1.54, 1.807) is 0 Å². The van der Waals surface area contributed by atoms with Crippen LogP contribution >= 0.6 is 0 Å². The highest BCUT2D eigenvalue weighted by Gasteiger charge is 2.20. The van der Waals surface area contributed by atoms with Gasteiger partial charge in [-0.1, -0.05) is 84.9 Å². The molecule has 258 valence electrons. The van der Waals surface area contributed by atoms with E-state index in [0.29, 0.717) is 0 Å². The monoisotopic (exact) mass is 694 g/mol. The maximum Gasteiger partial charge on any atom is 0.0714 e. The summed E-state index contributed by atoms with van der Waals surface area (Å²) in [5.74, 6) is 0. The molecule has 0 radical (unpaired) electrons. The van der Waals surface area contributed by atoms with Crippen LogP contribution in [0.1, 0.15) is 22.3 Å². The topological polar surface area (TPSA) is 35.6 Å². The summed E-state index contributed by atoms with van der Waals surface area (Å²) in [5, 5.41) is 5.03. The quantitative estimate of drug-likeness (QED) is 0.180. The van der Waals surface area contributed by atoms with Gasteiger partial charge in [0.25, 0.3) is 0 Å². The van der Waals surface area contributed by atoms with Crippen molar-refractivity contribution in [2.45, 2.75) is 27.7 Å². The minimum absolute atomic E-state index is 0.962. The lowest BCUT2D eigenvalue weighted by atomic mass is 9.94. The van der Waals surface area contributed by atoms with Crippen LogP contribution < -0.4 is 0 Å². The first-order valence-electron chi connectivity index (χ1n) is 18.6. The Morgan fingerprint density at radius 3 is 1.06 bits per heavy atom. The number of aromatic nitrogens is 4. The molecule has 10 aromatic rings. The molecule has 0 fully saturated rings. The number of para-hydroxylation sites is 4. The Bertz CT molecular complexity index is 2790. The second-order valence-corrected chi connectivity index (χ2v) is 14.4. The molecule has 0 unspecified atom stereocenters. The average Bonchev–Trinajstić information content (AvgIpc) is 3.72. The molecular weight excluding hydrogens is 657 g/mol. The van der Waals surface area contributed by atoms with Crippen LogP contribution in [0.25, 0.3) is 88.6 Å². The minimum Gasteiger partial charge on any atom is -0.309 e. The number of nitrogens with zero attached hydrogens (tertiary/aromatic N) is 4. The summed E-state index contributed by atoms with van der Waals surface area (Å²) in [6.07, 6.45) is 3.88. The third-order valence-corrected chi connectivity index (χ3v) is 11.3. The Hall–Kier alpha value is -6.78. The van der Waals surface area contributed by atoms with Crippen molar-refractivity contribution in [2.75, 3.05) is 0 Å². The van der Waals surface area contributed by atoms with Gasteiger partial charge in [0.05, 0.1) is 33.5 Å². The summed E-state index contributed by atoms with van der Waals surface area (Å²) >= 11 is 0. The summed E-state index contributed by atoms with van der Waals surface area (Å²) in [6.45, 7) is 8.84. The number of fused-ring (bicyclic) bond motifs is 6. The van der Waals surface area contributed by atoms with Crippen LogP contribution in [0.3, 0.4) is 0 Å². The van der Waals surface area contributed by atoms with Gasteiger partial charge in [0.2, 0.25) is 0 Å². The summed E-state index contributed by atoms with van der Waals surface area (Å²) in [4.78, 5) is 9.95. The lowest BCUT2D eigenvalue weighted by Crippen LogP contribution is -2.01. The van der Waals surface area contributed by atoms with E-state index in [4.69, 9.17) is 9.97 Å². The van der Waals surface area contributed by atoms with Crippen molar-refractivity contribution < 1.29 is 0 Å². The van der Waals surface area contributed by atoms with Crippen LogP contribution in [0.15, 0.2) is 158 Å². The Morgan fingerprint density at radius 2 is 0.704 bits per heavy atom. The van der Waals surface area contributed by atoms with Crippen LogP contribution in [0.2, 0.25) is 0 Å². The third-order valence-electron chi connectivity index (χ3n) is 11.3. The zero-order valence-electron chi connectivity index (χ0n) is 30.8. The van der Waals surface area contributed by atoms with Gasteiger partial charge in [0.15, 0.2) is 0 Å². The van der Waals surface area contributed by atoms with Crippen LogP contribution in [0.4, 0.5) is 0 Å². The van der Waals surface area contributed by atoms with E-state index in [9.17, 15) is 0 Å². The maximum atomic E-state index is 4.97. The fourth-order valence-corrected chi connectivity index (χ4v) is 8.80. The van der Waals surface area contributed by atoms with Gasteiger partial charge >= 0.3 is 0 Å². The molecule has 6 aromatic carbocycles. The van der Waals surface area contributed by atoms with E-state index in [1.165, 1.54) is 77.2 Å². The molecule has 4 nitrogen and oxygen atoms in total. The number of aryl methyl sites for hydroxylation is 2. The number of pyridine rings is 2. The molecular formula is C50H38N4. The fourth-order valence-electron chi connectivity index (χ4n) is 8.80. The van der Waals surface area contributed by atoms with E-state index in [2.05, 4.69) is 182 Å². The van der Waals surface area contributed by atoms with Gasteiger partial charge in [-0.15, -0.1) is 0 Å². The van der Waals surface area contributed by atoms with Gasteiger partial charge in [-0.05, 0) is 122 Å². The largest absolute Gasteiger partial charge is 0.309 e. The van der Waals surface area contributed by atoms with Gasteiger partial charge in [0.1, 0.15) is 0 Å². The number of rotatable bonds is 5. The fraction of sp³-hybridized carbons (Fsp3) is 0.0800. The van der Waals surface area contributed by atoms with Gasteiger partial charge in [-0.25, -0.2) is 0 Å². The SMILES string of the molecule is Cc1ccc(-n2c3ccccc3c3ccccc32)c(C)c1-c1cc(-c2ccnc(-c3c(C)ccc(-n4c5ccccc5c5ccccc54)c3C)c2)ccn1. The van der Waals surface area contributed by atoms with Crippen LogP contribution in [-0.4, -0.2) is 19.1 Å². The molecule has 4 heterocycles. The van der Waals surface area contributed by atoms with Crippen LogP contribution in [0, 0.1) is 27.7 Å². The summed E-state index contributed by atoms with van der Waals surface area (Å²) < 4.78 is 4.81.